The van der Waals surface area contributed by atoms with E-state index in [2.05, 4.69) is 15.4 Å². The molecule has 1 aromatic rings. The molecule has 0 bridgehead atoms. The molecule has 96 valence electrons. The number of benzene rings is 1. The number of anilines is 1. The summed E-state index contributed by atoms with van der Waals surface area (Å²) in [5.41, 5.74) is 0.304. The first-order valence-electron chi connectivity index (χ1n) is 4.89. The second kappa shape index (κ2) is 6.18. The van der Waals surface area contributed by atoms with Crippen LogP contribution in [0.1, 0.15) is 0 Å². The molecule has 0 saturated heterocycles. The number of carbonyl (C=O) groups is 2. The summed E-state index contributed by atoms with van der Waals surface area (Å²) >= 11 is 0. The van der Waals surface area contributed by atoms with Crippen LogP contribution in [-0.2, 0) is 9.53 Å². The van der Waals surface area contributed by atoms with Gasteiger partial charge in [-0.15, -0.1) is 0 Å². The number of nitro benzene ring substituents is 1. The Morgan fingerprint density at radius 2 is 1.94 bits per heavy atom. The maximum atomic E-state index is 11.3. The highest BCUT2D eigenvalue weighted by Crippen LogP contribution is 2.14. The molecule has 0 aliphatic heterocycles. The van der Waals surface area contributed by atoms with Gasteiger partial charge in [0.05, 0.1) is 12.0 Å². The highest BCUT2D eigenvalue weighted by atomic mass is 16.6. The number of ether oxygens (including phenoxy) is 1. The SMILES string of the molecule is COC(=O)CNC(=O)Nc1ccc([N+](=O)[O-])cc1. The first-order chi connectivity index (χ1) is 8.52. The molecule has 8 nitrogen and oxygen atoms in total. The minimum absolute atomic E-state index is 0.0736. The van der Waals surface area contributed by atoms with Crippen LogP contribution in [0.2, 0.25) is 0 Å². The summed E-state index contributed by atoms with van der Waals surface area (Å²) in [6.45, 7) is -0.255. The normalized spacial score (nSPS) is 9.39. The summed E-state index contributed by atoms with van der Waals surface area (Å²) in [7, 11) is 1.21. The van der Waals surface area contributed by atoms with Crippen LogP contribution < -0.4 is 10.6 Å². The minimum Gasteiger partial charge on any atom is -0.468 e. The Hall–Kier alpha value is -2.64. The van der Waals surface area contributed by atoms with Crippen LogP contribution in [0.4, 0.5) is 16.2 Å². The van der Waals surface area contributed by atoms with Gasteiger partial charge >= 0.3 is 12.0 Å². The Kier molecular flexibility index (Phi) is 4.61. The van der Waals surface area contributed by atoms with Crippen LogP contribution in [0, 0.1) is 10.1 Å². The Bertz CT molecular complexity index is 457. The van der Waals surface area contributed by atoms with E-state index in [0.717, 1.165) is 0 Å². The summed E-state index contributed by atoms with van der Waals surface area (Å²) in [6, 6.07) is 4.69. The Morgan fingerprint density at radius 1 is 1.33 bits per heavy atom. The van der Waals surface area contributed by atoms with E-state index in [-0.39, 0.29) is 12.2 Å². The van der Waals surface area contributed by atoms with E-state index in [0.29, 0.717) is 5.69 Å². The molecule has 0 heterocycles. The Morgan fingerprint density at radius 3 is 2.44 bits per heavy atom. The lowest BCUT2D eigenvalue weighted by molar-refractivity contribution is -0.384. The largest absolute Gasteiger partial charge is 0.468 e. The third-order valence-electron chi connectivity index (χ3n) is 1.96. The topological polar surface area (TPSA) is 111 Å². The third kappa shape index (κ3) is 4.08. The fourth-order valence-corrected chi connectivity index (χ4v) is 1.07. The lowest BCUT2D eigenvalue weighted by Gasteiger charge is -2.06. The Labute approximate surface area is 102 Å². The van der Waals surface area contributed by atoms with Gasteiger partial charge in [-0.25, -0.2) is 4.79 Å². The number of nitro groups is 1. The zero-order valence-electron chi connectivity index (χ0n) is 9.50. The second-order valence-corrected chi connectivity index (χ2v) is 3.19. The molecular formula is C10H11N3O5. The van der Waals surface area contributed by atoms with E-state index in [1.807, 2.05) is 0 Å². The van der Waals surface area contributed by atoms with Crippen LogP contribution in [0.5, 0.6) is 0 Å². The third-order valence-corrected chi connectivity index (χ3v) is 1.96. The van der Waals surface area contributed by atoms with Crippen LogP contribution in [0.3, 0.4) is 0 Å². The quantitative estimate of drug-likeness (QED) is 0.470. The van der Waals surface area contributed by atoms with Gasteiger partial charge in [-0.3, -0.25) is 14.9 Å². The fourth-order valence-electron chi connectivity index (χ4n) is 1.07. The lowest BCUT2D eigenvalue weighted by Crippen LogP contribution is -2.33. The van der Waals surface area contributed by atoms with E-state index in [1.54, 1.807) is 0 Å². The second-order valence-electron chi connectivity index (χ2n) is 3.19. The zero-order chi connectivity index (χ0) is 13.5. The predicted molar refractivity (Wildman–Crippen MR) is 62.1 cm³/mol. The summed E-state index contributed by atoms with van der Waals surface area (Å²) in [5.74, 6) is -0.575. The molecular weight excluding hydrogens is 242 g/mol. The molecule has 0 radical (unpaired) electrons. The molecule has 0 aliphatic rings. The molecule has 18 heavy (non-hydrogen) atoms. The molecule has 0 spiro atoms. The molecule has 8 heteroatoms. The van der Waals surface area contributed by atoms with Crippen molar-refractivity contribution in [1.29, 1.82) is 0 Å². The van der Waals surface area contributed by atoms with Crippen molar-refractivity contribution in [2.75, 3.05) is 19.0 Å². The van der Waals surface area contributed by atoms with Crippen molar-refractivity contribution >= 4 is 23.4 Å². The molecule has 0 fully saturated rings. The van der Waals surface area contributed by atoms with Gasteiger partial charge in [0.1, 0.15) is 6.54 Å². The molecule has 1 rings (SSSR count). The van der Waals surface area contributed by atoms with Crippen LogP contribution in [-0.4, -0.2) is 30.6 Å². The van der Waals surface area contributed by atoms with Gasteiger partial charge in [-0.05, 0) is 12.1 Å². The highest BCUT2D eigenvalue weighted by molar-refractivity contribution is 5.91. The van der Waals surface area contributed by atoms with Crippen molar-refractivity contribution in [3.8, 4) is 0 Å². The fraction of sp³-hybridized carbons (Fsp3) is 0.200. The number of non-ortho nitro benzene ring substituents is 1. The maximum Gasteiger partial charge on any atom is 0.325 e. The summed E-state index contributed by atoms with van der Waals surface area (Å²) in [6.07, 6.45) is 0. The van der Waals surface area contributed by atoms with E-state index in [1.165, 1.54) is 31.4 Å². The number of esters is 1. The summed E-state index contributed by atoms with van der Waals surface area (Å²) in [5, 5.41) is 15.1. The van der Waals surface area contributed by atoms with Gasteiger partial charge in [0, 0.05) is 17.8 Å². The smallest absolute Gasteiger partial charge is 0.325 e. The number of nitrogens with zero attached hydrogens (tertiary/aromatic N) is 1. The molecule has 2 N–H and O–H groups in total. The summed E-state index contributed by atoms with van der Waals surface area (Å²) in [4.78, 5) is 31.9. The number of hydrogen-bond acceptors (Lipinski definition) is 5. The molecule has 1 aromatic carbocycles. The molecule has 0 aromatic heterocycles. The van der Waals surface area contributed by atoms with Gasteiger partial charge < -0.3 is 15.4 Å². The Balaban J connectivity index is 2.49. The lowest BCUT2D eigenvalue weighted by atomic mass is 10.3. The van der Waals surface area contributed by atoms with Gasteiger partial charge in [0.15, 0.2) is 0 Å². The van der Waals surface area contributed by atoms with Gasteiger partial charge in [-0.1, -0.05) is 0 Å². The number of amides is 2. The van der Waals surface area contributed by atoms with Gasteiger partial charge in [0.2, 0.25) is 0 Å². The maximum absolute atomic E-state index is 11.3. The monoisotopic (exact) mass is 253 g/mol. The zero-order valence-corrected chi connectivity index (χ0v) is 9.50. The van der Waals surface area contributed by atoms with Crippen molar-refractivity contribution in [1.82, 2.24) is 5.32 Å². The number of carbonyl (C=O) groups excluding carboxylic acids is 2. The number of rotatable bonds is 4. The van der Waals surface area contributed by atoms with Crippen molar-refractivity contribution in [2.24, 2.45) is 0 Å². The van der Waals surface area contributed by atoms with Crippen molar-refractivity contribution < 1.29 is 19.2 Å². The molecule has 0 atom stereocenters. The standard InChI is InChI=1S/C10H11N3O5/c1-18-9(14)6-11-10(15)12-7-2-4-8(5-3-7)13(16)17/h2-5H,6H2,1H3,(H2,11,12,15). The van der Waals surface area contributed by atoms with E-state index in [4.69, 9.17) is 0 Å². The molecule has 0 saturated carbocycles. The van der Waals surface area contributed by atoms with Crippen LogP contribution >= 0.6 is 0 Å². The number of methoxy groups -OCH3 is 1. The predicted octanol–water partition coefficient (Wildman–Crippen LogP) is 0.889. The summed E-state index contributed by atoms with van der Waals surface area (Å²) < 4.78 is 4.34. The first kappa shape index (κ1) is 13.4. The van der Waals surface area contributed by atoms with E-state index >= 15 is 0 Å². The number of hydrogen-bond donors (Lipinski definition) is 2. The first-order valence-corrected chi connectivity index (χ1v) is 4.89. The number of urea groups is 1. The number of nitrogens with one attached hydrogen (secondary N) is 2. The minimum atomic E-state index is -0.603. The molecule has 0 unspecified atom stereocenters. The molecule has 0 aliphatic carbocycles. The average molecular weight is 253 g/mol. The van der Waals surface area contributed by atoms with Gasteiger partial charge in [0.25, 0.3) is 5.69 Å². The molecule has 2 amide bonds. The van der Waals surface area contributed by atoms with Crippen molar-refractivity contribution in [2.45, 2.75) is 0 Å². The average Bonchev–Trinajstić information content (AvgIpc) is 2.36. The van der Waals surface area contributed by atoms with Crippen LogP contribution in [0.25, 0.3) is 0 Å². The van der Waals surface area contributed by atoms with E-state index in [9.17, 15) is 19.7 Å². The van der Waals surface area contributed by atoms with E-state index < -0.39 is 16.9 Å². The van der Waals surface area contributed by atoms with Gasteiger partial charge in [-0.2, -0.15) is 0 Å². The van der Waals surface area contributed by atoms with Crippen LogP contribution in [0.15, 0.2) is 24.3 Å². The van der Waals surface area contributed by atoms with Crippen molar-refractivity contribution in [3.63, 3.8) is 0 Å². The highest BCUT2D eigenvalue weighted by Gasteiger charge is 2.07. The van der Waals surface area contributed by atoms with Crippen molar-refractivity contribution in [3.05, 3.63) is 34.4 Å².